The summed E-state index contributed by atoms with van der Waals surface area (Å²) in [6, 6.07) is 17.0. The van der Waals surface area contributed by atoms with Gasteiger partial charge in [0, 0.05) is 13.1 Å². The molecule has 2 atom stereocenters. The standard InChI is InChI=1S/C22H25NO3/c1-16-12-17(2)14-23(13-16)21(24)15-26-22(25)20-11-7-6-10-19(20)18-8-4-3-5-9-18/h3-11,16-17H,12-15H2,1-2H3/t16-,17+. The summed E-state index contributed by atoms with van der Waals surface area (Å²) < 4.78 is 5.35. The lowest BCUT2D eigenvalue weighted by atomic mass is 9.92. The minimum Gasteiger partial charge on any atom is -0.452 e. The fraction of sp³-hybridized carbons (Fsp3) is 0.364. The van der Waals surface area contributed by atoms with E-state index < -0.39 is 5.97 Å². The van der Waals surface area contributed by atoms with E-state index in [0.717, 1.165) is 30.6 Å². The van der Waals surface area contributed by atoms with Crippen LogP contribution in [0.3, 0.4) is 0 Å². The third-order valence-electron chi connectivity index (χ3n) is 4.78. The fourth-order valence-electron chi connectivity index (χ4n) is 3.69. The average molecular weight is 351 g/mol. The first kappa shape index (κ1) is 18.2. The van der Waals surface area contributed by atoms with Gasteiger partial charge in [-0.2, -0.15) is 0 Å². The smallest absolute Gasteiger partial charge is 0.339 e. The highest BCUT2D eigenvalue weighted by Gasteiger charge is 2.26. The Bertz CT molecular complexity index is 762. The Morgan fingerprint density at radius 1 is 0.962 bits per heavy atom. The molecule has 0 radical (unpaired) electrons. The Hall–Kier alpha value is -2.62. The van der Waals surface area contributed by atoms with Crippen molar-refractivity contribution in [3.05, 3.63) is 60.2 Å². The van der Waals surface area contributed by atoms with E-state index in [1.165, 1.54) is 0 Å². The zero-order valence-corrected chi connectivity index (χ0v) is 15.4. The summed E-state index contributed by atoms with van der Waals surface area (Å²) in [7, 11) is 0. The quantitative estimate of drug-likeness (QED) is 0.782. The molecule has 0 aliphatic carbocycles. The minimum atomic E-state index is -0.462. The molecule has 0 spiro atoms. The van der Waals surface area contributed by atoms with Crippen molar-refractivity contribution in [2.24, 2.45) is 11.8 Å². The number of carbonyl (C=O) groups is 2. The highest BCUT2D eigenvalue weighted by atomic mass is 16.5. The summed E-state index contributed by atoms with van der Waals surface area (Å²) in [5, 5.41) is 0. The number of hydrogen-bond acceptors (Lipinski definition) is 3. The van der Waals surface area contributed by atoms with Crippen molar-refractivity contribution in [3.63, 3.8) is 0 Å². The summed E-state index contributed by atoms with van der Waals surface area (Å²) in [6.45, 7) is 5.57. The lowest BCUT2D eigenvalue weighted by Crippen LogP contribution is -2.44. The molecule has 0 bridgehead atoms. The number of rotatable bonds is 4. The molecule has 0 N–H and O–H groups in total. The number of hydrogen-bond donors (Lipinski definition) is 0. The van der Waals surface area contributed by atoms with Crippen molar-refractivity contribution in [1.29, 1.82) is 0 Å². The summed E-state index contributed by atoms with van der Waals surface area (Å²) in [6.07, 6.45) is 1.13. The van der Waals surface area contributed by atoms with Crippen molar-refractivity contribution in [2.45, 2.75) is 20.3 Å². The van der Waals surface area contributed by atoms with Crippen LogP contribution in [0, 0.1) is 11.8 Å². The van der Waals surface area contributed by atoms with Crippen LogP contribution >= 0.6 is 0 Å². The molecule has 0 saturated carbocycles. The number of nitrogens with zero attached hydrogens (tertiary/aromatic N) is 1. The second-order valence-corrected chi connectivity index (χ2v) is 7.23. The molecule has 1 saturated heterocycles. The summed E-state index contributed by atoms with van der Waals surface area (Å²) in [5.41, 5.74) is 2.24. The first-order chi connectivity index (χ1) is 12.5. The number of piperidine rings is 1. The topological polar surface area (TPSA) is 46.6 Å². The van der Waals surface area contributed by atoms with Gasteiger partial charge in [0.2, 0.25) is 0 Å². The zero-order chi connectivity index (χ0) is 18.5. The van der Waals surface area contributed by atoms with Crippen LogP contribution in [0.15, 0.2) is 54.6 Å². The van der Waals surface area contributed by atoms with Crippen LogP contribution in [-0.4, -0.2) is 36.5 Å². The van der Waals surface area contributed by atoms with E-state index >= 15 is 0 Å². The van der Waals surface area contributed by atoms with E-state index in [0.29, 0.717) is 17.4 Å². The van der Waals surface area contributed by atoms with Crippen molar-refractivity contribution < 1.29 is 14.3 Å². The number of amides is 1. The van der Waals surface area contributed by atoms with Crippen LogP contribution in [0.2, 0.25) is 0 Å². The highest BCUT2D eigenvalue weighted by Crippen LogP contribution is 2.24. The molecule has 0 unspecified atom stereocenters. The van der Waals surface area contributed by atoms with Crippen LogP contribution in [0.4, 0.5) is 0 Å². The van der Waals surface area contributed by atoms with Gasteiger partial charge in [0.25, 0.3) is 5.91 Å². The maximum absolute atomic E-state index is 12.6. The third-order valence-corrected chi connectivity index (χ3v) is 4.78. The summed E-state index contributed by atoms with van der Waals surface area (Å²) in [5.74, 6) is 0.388. The van der Waals surface area contributed by atoms with Crippen molar-refractivity contribution in [1.82, 2.24) is 4.90 Å². The van der Waals surface area contributed by atoms with Crippen LogP contribution in [0.25, 0.3) is 11.1 Å². The Labute approximate surface area is 154 Å². The lowest BCUT2D eigenvalue weighted by molar-refractivity contribution is -0.137. The Morgan fingerprint density at radius 2 is 1.58 bits per heavy atom. The number of ether oxygens (including phenoxy) is 1. The van der Waals surface area contributed by atoms with Gasteiger partial charge in [0.05, 0.1) is 5.56 Å². The molecule has 1 fully saturated rings. The van der Waals surface area contributed by atoms with Gasteiger partial charge >= 0.3 is 5.97 Å². The number of carbonyl (C=O) groups excluding carboxylic acids is 2. The molecule has 2 aromatic rings. The van der Waals surface area contributed by atoms with Gasteiger partial charge in [0.1, 0.15) is 0 Å². The molecule has 26 heavy (non-hydrogen) atoms. The first-order valence-electron chi connectivity index (χ1n) is 9.14. The second kappa shape index (κ2) is 8.17. The predicted molar refractivity (Wildman–Crippen MR) is 102 cm³/mol. The maximum atomic E-state index is 12.6. The van der Waals surface area contributed by atoms with Gasteiger partial charge < -0.3 is 9.64 Å². The molecule has 1 aliphatic rings. The van der Waals surface area contributed by atoms with E-state index in [1.807, 2.05) is 47.4 Å². The highest BCUT2D eigenvalue weighted by molar-refractivity contribution is 5.98. The average Bonchev–Trinajstić information content (AvgIpc) is 2.65. The monoisotopic (exact) mass is 351 g/mol. The van der Waals surface area contributed by atoms with E-state index in [9.17, 15) is 9.59 Å². The van der Waals surface area contributed by atoms with Gasteiger partial charge in [-0.15, -0.1) is 0 Å². The molecular formula is C22H25NO3. The van der Waals surface area contributed by atoms with Crippen LogP contribution in [0.5, 0.6) is 0 Å². The molecule has 3 rings (SSSR count). The lowest BCUT2D eigenvalue weighted by Gasteiger charge is -2.34. The van der Waals surface area contributed by atoms with E-state index in [1.54, 1.807) is 12.1 Å². The molecule has 4 heteroatoms. The van der Waals surface area contributed by atoms with Gasteiger partial charge in [-0.05, 0) is 35.4 Å². The molecule has 4 nitrogen and oxygen atoms in total. The normalized spacial score (nSPS) is 19.8. The Kier molecular flexibility index (Phi) is 5.71. The van der Waals surface area contributed by atoms with Gasteiger partial charge in [-0.1, -0.05) is 62.4 Å². The first-order valence-corrected chi connectivity index (χ1v) is 9.14. The SMILES string of the molecule is C[C@@H]1C[C@H](C)CN(C(=O)COC(=O)c2ccccc2-c2ccccc2)C1. The predicted octanol–water partition coefficient (Wildman–Crippen LogP) is 4.01. The largest absolute Gasteiger partial charge is 0.452 e. The molecule has 1 amide bonds. The fourth-order valence-corrected chi connectivity index (χ4v) is 3.69. The molecule has 0 aromatic heterocycles. The Morgan fingerprint density at radius 3 is 2.27 bits per heavy atom. The van der Waals surface area contributed by atoms with Gasteiger partial charge in [-0.3, -0.25) is 4.79 Å². The summed E-state index contributed by atoms with van der Waals surface area (Å²) >= 11 is 0. The number of likely N-dealkylation sites (tertiary alicyclic amines) is 1. The number of benzene rings is 2. The summed E-state index contributed by atoms with van der Waals surface area (Å²) in [4.78, 5) is 26.8. The van der Waals surface area contributed by atoms with Crippen molar-refractivity contribution in [3.8, 4) is 11.1 Å². The Balaban J connectivity index is 1.67. The molecular weight excluding hydrogens is 326 g/mol. The zero-order valence-electron chi connectivity index (χ0n) is 15.4. The van der Waals surface area contributed by atoms with Crippen LogP contribution in [-0.2, 0) is 9.53 Å². The molecule has 2 aromatic carbocycles. The molecule has 1 heterocycles. The van der Waals surface area contributed by atoms with Crippen LogP contribution in [0.1, 0.15) is 30.6 Å². The number of esters is 1. The van der Waals surface area contributed by atoms with Crippen molar-refractivity contribution >= 4 is 11.9 Å². The van der Waals surface area contributed by atoms with E-state index in [4.69, 9.17) is 4.74 Å². The molecule has 136 valence electrons. The molecule has 1 aliphatic heterocycles. The van der Waals surface area contributed by atoms with E-state index in [-0.39, 0.29) is 12.5 Å². The van der Waals surface area contributed by atoms with Crippen LogP contribution < -0.4 is 0 Å². The van der Waals surface area contributed by atoms with Crippen molar-refractivity contribution in [2.75, 3.05) is 19.7 Å². The van der Waals surface area contributed by atoms with E-state index in [2.05, 4.69) is 13.8 Å². The van der Waals surface area contributed by atoms with Gasteiger partial charge in [0.15, 0.2) is 6.61 Å². The maximum Gasteiger partial charge on any atom is 0.339 e. The van der Waals surface area contributed by atoms with Gasteiger partial charge in [-0.25, -0.2) is 4.79 Å². The minimum absolute atomic E-state index is 0.117. The second-order valence-electron chi connectivity index (χ2n) is 7.23. The third kappa shape index (κ3) is 4.31.